The van der Waals surface area contributed by atoms with Gasteiger partial charge >= 0.3 is 0 Å². The van der Waals surface area contributed by atoms with E-state index in [1.807, 2.05) is 19.1 Å². The first-order valence-electron chi connectivity index (χ1n) is 13.2. The summed E-state index contributed by atoms with van der Waals surface area (Å²) in [5.74, 6) is 3.30. The molecule has 5 rings (SSSR count). The molecule has 1 heterocycles. The molecule has 3 heteroatoms. The van der Waals surface area contributed by atoms with Gasteiger partial charge < -0.3 is 10.2 Å². The second kappa shape index (κ2) is 8.24. The average molecular weight is 438 g/mol. The number of aliphatic hydroxyl groups excluding tert-OH is 1. The van der Waals surface area contributed by atoms with Crippen LogP contribution in [-0.4, -0.2) is 20.8 Å². The van der Waals surface area contributed by atoms with E-state index in [9.17, 15) is 10.2 Å². The van der Waals surface area contributed by atoms with E-state index in [0.717, 1.165) is 61.3 Å². The van der Waals surface area contributed by atoms with E-state index in [4.69, 9.17) is 0 Å². The first kappa shape index (κ1) is 22.6. The molecule has 0 saturated heterocycles. The normalized spacial score (nSPS) is 44.2. The fourth-order valence-electron chi connectivity index (χ4n) is 8.68. The van der Waals surface area contributed by atoms with Crippen molar-refractivity contribution < 1.29 is 10.2 Å². The van der Waals surface area contributed by atoms with Crippen molar-refractivity contribution in [3.8, 4) is 0 Å². The zero-order chi connectivity index (χ0) is 22.6. The van der Waals surface area contributed by atoms with Gasteiger partial charge in [0.2, 0.25) is 0 Å². The Morgan fingerprint density at radius 2 is 1.94 bits per heavy atom. The molecule has 0 spiro atoms. The van der Waals surface area contributed by atoms with Crippen LogP contribution in [0.5, 0.6) is 0 Å². The zero-order valence-corrected chi connectivity index (χ0v) is 20.4. The van der Waals surface area contributed by atoms with Gasteiger partial charge in [-0.25, -0.2) is 0 Å². The third-order valence-corrected chi connectivity index (χ3v) is 10.7. The molecule has 1 aromatic rings. The highest BCUT2D eigenvalue weighted by Gasteiger charge is 2.58. The zero-order valence-electron chi connectivity index (χ0n) is 20.4. The summed E-state index contributed by atoms with van der Waals surface area (Å²) in [5, 5.41) is 21.2. The molecule has 4 aliphatic carbocycles. The van der Waals surface area contributed by atoms with Gasteiger partial charge in [-0.05, 0) is 117 Å². The highest BCUT2D eigenvalue weighted by molar-refractivity contribution is 5.26. The number of aromatic nitrogens is 1. The summed E-state index contributed by atoms with van der Waals surface area (Å²) in [5.41, 5.74) is 2.81. The first-order valence-corrected chi connectivity index (χ1v) is 13.2. The highest BCUT2D eigenvalue weighted by atomic mass is 16.3. The number of rotatable bonds is 5. The van der Waals surface area contributed by atoms with E-state index < -0.39 is 5.60 Å². The molecule has 3 fully saturated rings. The van der Waals surface area contributed by atoms with Crippen LogP contribution in [0.4, 0.5) is 0 Å². The van der Waals surface area contributed by atoms with Crippen molar-refractivity contribution in [1.82, 2.24) is 4.98 Å². The molecule has 4 aliphatic rings. The van der Waals surface area contributed by atoms with Gasteiger partial charge in [-0.2, -0.15) is 0 Å². The predicted molar refractivity (Wildman–Crippen MR) is 129 cm³/mol. The Morgan fingerprint density at radius 1 is 1.09 bits per heavy atom. The fraction of sp³-hybridized carbons (Fsp3) is 0.759. The molecular formula is C29H43NO2. The number of nitrogens with zero attached hydrogens (tertiary/aromatic N) is 1. The fourth-order valence-corrected chi connectivity index (χ4v) is 8.68. The van der Waals surface area contributed by atoms with Crippen molar-refractivity contribution in [3.63, 3.8) is 0 Å². The van der Waals surface area contributed by atoms with Gasteiger partial charge in [-0.15, -0.1) is 0 Å². The molecule has 7 unspecified atom stereocenters. The quantitative estimate of drug-likeness (QED) is 0.509. The molecule has 0 bridgehead atoms. The smallest absolute Gasteiger partial charge is 0.0804 e. The number of fused-ring (bicyclic) bond motifs is 5. The summed E-state index contributed by atoms with van der Waals surface area (Å²) in [6.45, 7) is 7.17. The second-order valence-electron chi connectivity index (χ2n) is 12.5. The van der Waals surface area contributed by atoms with Gasteiger partial charge in [0.25, 0.3) is 0 Å². The number of pyridine rings is 1. The number of hydrogen-bond acceptors (Lipinski definition) is 3. The average Bonchev–Trinajstić information content (AvgIpc) is 3.11. The molecule has 8 atom stereocenters. The SMILES string of the molecule is CC12CC[C@](C)(O)CC1=CCC1C2CCC2(C)C(CCCC(O)c3cccnc3)CCC12. The van der Waals surface area contributed by atoms with E-state index in [1.54, 1.807) is 18.0 Å². The first-order chi connectivity index (χ1) is 15.2. The maximum Gasteiger partial charge on any atom is 0.0804 e. The van der Waals surface area contributed by atoms with Gasteiger partial charge in [-0.3, -0.25) is 4.98 Å². The molecule has 3 saturated carbocycles. The van der Waals surface area contributed by atoms with Crippen LogP contribution in [0.1, 0.15) is 103 Å². The van der Waals surface area contributed by atoms with Crippen molar-refractivity contribution in [2.45, 2.75) is 103 Å². The predicted octanol–water partition coefficient (Wildman–Crippen LogP) is 6.62. The Kier molecular flexibility index (Phi) is 5.82. The van der Waals surface area contributed by atoms with E-state index in [0.29, 0.717) is 10.8 Å². The van der Waals surface area contributed by atoms with Crippen molar-refractivity contribution in [3.05, 3.63) is 41.7 Å². The monoisotopic (exact) mass is 437 g/mol. The third-order valence-electron chi connectivity index (χ3n) is 10.7. The Morgan fingerprint density at radius 3 is 2.72 bits per heavy atom. The summed E-state index contributed by atoms with van der Waals surface area (Å²) in [6, 6.07) is 3.90. The lowest BCUT2D eigenvalue weighted by Crippen LogP contribution is -2.51. The van der Waals surface area contributed by atoms with Crippen LogP contribution in [0, 0.1) is 34.5 Å². The Hall–Kier alpha value is -1.19. The van der Waals surface area contributed by atoms with Crippen LogP contribution >= 0.6 is 0 Å². The lowest BCUT2D eigenvalue weighted by atomic mass is 9.46. The molecule has 3 nitrogen and oxygen atoms in total. The lowest BCUT2D eigenvalue weighted by Gasteiger charge is -2.59. The Bertz CT molecular complexity index is 848. The summed E-state index contributed by atoms with van der Waals surface area (Å²) < 4.78 is 0. The molecular weight excluding hydrogens is 394 g/mol. The van der Waals surface area contributed by atoms with E-state index in [1.165, 1.54) is 38.5 Å². The second-order valence-corrected chi connectivity index (χ2v) is 12.5. The van der Waals surface area contributed by atoms with Crippen LogP contribution in [-0.2, 0) is 0 Å². The van der Waals surface area contributed by atoms with Crippen molar-refractivity contribution in [2.75, 3.05) is 0 Å². The molecule has 0 amide bonds. The maximum absolute atomic E-state index is 10.7. The molecule has 0 radical (unpaired) electrons. The molecule has 176 valence electrons. The van der Waals surface area contributed by atoms with Crippen molar-refractivity contribution in [1.29, 1.82) is 0 Å². The van der Waals surface area contributed by atoms with Crippen LogP contribution in [0.15, 0.2) is 36.2 Å². The van der Waals surface area contributed by atoms with Crippen molar-refractivity contribution >= 4 is 0 Å². The molecule has 0 aromatic carbocycles. The minimum Gasteiger partial charge on any atom is -0.390 e. The standard InChI is InChI=1S/C29H43NO2/c1-27(32)15-16-29(3)22(18-27)9-11-23-24-12-10-21(28(24,2)14-13-25(23)29)7-4-8-26(31)20-6-5-17-30-19-20/h5-6,9,17,19,21,23-26,31-32H,4,7-8,10-16,18H2,1-3H3/t21?,23?,24?,25?,26?,27-,28?,29?/m0/s1. The number of hydrogen-bond donors (Lipinski definition) is 2. The third kappa shape index (κ3) is 3.78. The highest BCUT2D eigenvalue weighted by Crippen LogP contribution is 2.67. The number of allylic oxidation sites excluding steroid dienone is 1. The minimum absolute atomic E-state index is 0.318. The van der Waals surface area contributed by atoms with Crippen molar-refractivity contribution in [2.24, 2.45) is 34.5 Å². The van der Waals surface area contributed by atoms with Gasteiger partial charge in [0.1, 0.15) is 0 Å². The maximum atomic E-state index is 10.7. The van der Waals surface area contributed by atoms with Gasteiger partial charge in [0, 0.05) is 12.4 Å². The van der Waals surface area contributed by atoms with E-state index >= 15 is 0 Å². The summed E-state index contributed by atoms with van der Waals surface area (Å²) in [7, 11) is 0. The van der Waals surface area contributed by atoms with Crippen LogP contribution in [0.25, 0.3) is 0 Å². The van der Waals surface area contributed by atoms with Crippen LogP contribution in [0.3, 0.4) is 0 Å². The topological polar surface area (TPSA) is 53.4 Å². The van der Waals surface area contributed by atoms with Gasteiger partial charge in [0.05, 0.1) is 11.7 Å². The summed E-state index contributed by atoms with van der Waals surface area (Å²) in [4.78, 5) is 4.16. The van der Waals surface area contributed by atoms with Crippen LogP contribution < -0.4 is 0 Å². The Labute approximate surface area is 194 Å². The van der Waals surface area contributed by atoms with E-state index in [-0.39, 0.29) is 6.10 Å². The minimum atomic E-state index is -0.500. The molecule has 32 heavy (non-hydrogen) atoms. The largest absolute Gasteiger partial charge is 0.390 e. The van der Waals surface area contributed by atoms with Gasteiger partial charge in [0.15, 0.2) is 0 Å². The van der Waals surface area contributed by atoms with E-state index in [2.05, 4.69) is 24.9 Å². The summed E-state index contributed by atoms with van der Waals surface area (Å²) >= 11 is 0. The molecule has 0 aliphatic heterocycles. The summed E-state index contributed by atoms with van der Waals surface area (Å²) in [6.07, 6.45) is 18.7. The van der Waals surface area contributed by atoms with Crippen LogP contribution in [0.2, 0.25) is 0 Å². The molecule has 2 N–H and O–H groups in total. The molecule has 1 aromatic heterocycles. The number of aliphatic hydroxyl groups is 2. The Balaban J connectivity index is 1.25. The lowest BCUT2D eigenvalue weighted by molar-refractivity contribution is -0.0662. The van der Waals surface area contributed by atoms with Gasteiger partial charge in [-0.1, -0.05) is 38.0 Å².